The van der Waals surface area contributed by atoms with Gasteiger partial charge in [-0.15, -0.1) is 0 Å². The van der Waals surface area contributed by atoms with Gasteiger partial charge >= 0.3 is 0 Å². The van der Waals surface area contributed by atoms with Crippen LogP contribution in [0.1, 0.15) is 36.8 Å². The lowest BCUT2D eigenvalue weighted by molar-refractivity contribution is 0.159. The Morgan fingerprint density at radius 1 is 1.44 bits per heavy atom. The third kappa shape index (κ3) is 2.63. The van der Waals surface area contributed by atoms with Crippen molar-refractivity contribution in [2.24, 2.45) is 0 Å². The van der Waals surface area contributed by atoms with Crippen molar-refractivity contribution in [1.82, 2.24) is 5.32 Å². The van der Waals surface area contributed by atoms with Crippen LogP contribution in [0.25, 0.3) is 0 Å². The van der Waals surface area contributed by atoms with E-state index in [1.165, 1.54) is 17.5 Å². The van der Waals surface area contributed by atoms with Gasteiger partial charge in [0.15, 0.2) is 0 Å². The van der Waals surface area contributed by atoms with E-state index < -0.39 is 0 Å². The largest absolute Gasteiger partial charge is 0.393 e. The van der Waals surface area contributed by atoms with Crippen molar-refractivity contribution >= 4 is 0 Å². The molecule has 2 unspecified atom stereocenters. The van der Waals surface area contributed by atoms with E-state index in [0.29, 0.717) is 5.92 Å². The van der Waals surface area contributed by atoms with Crippen molar-refractivity contribution < 1.29 is 5.11 Å². The molecule has 2 atom stereocenters. The van der Waals surface area contributed by atoms with Gasteiger partial charge in [-0.1, -0.05) is 31.2 Å². The van der Waals surface area contributed by atoms with Gasteiger partial charge in [0.1, 0.15) is 0 Å². The zero-order chi connectivity index (χ0) is 11.4. The number of fused-ring (bicyclic) bond motifs is 1. The molecule has 2 nitrogen and oxygen atoms in total. The molecule has 0 fully saturated rings. The van der Waals surface area contributed by atoms with Crippen LogP contribution in [0.3, 0.4) is 0 Å². The standard InChI is InChI=1S/C14H21NO/c1-2-13(16)7-8-15-10-12-9-11-5-3-4-6-14(11)12/h3-6,12-13,15-16H,2,7-10H2,1H3. The molecule has 0 spiro atoms. The number of benzene rings is 1. The van der Waals surface area contributed by atoms with Gasteiger partial charge in [0.05, 0.1) is 6.10 Å². The molecule has 1 aromatic rings. The molecule has 88 valence electrons. The SMILES string of the molecule is CCC(O)CCNCC1Cc2ccccc21. The highest BCUT2D eigenvalue weighted by atomic mass is 16.3. The van der Waals surface area contributed by atoms with Gasteiger partial charge in [0, 0.05) is 12.5 Å². The summed E-state index contributed by atoms with van der Waals surface area (Å²) >= 11 is 0. The molecule has 0 bridgehead atoms. The smallest absolute Gasteiger partial charge is 0.0549 e. The van der Waals surface area contributed by atoms with E-state index in [1.807, 2.05) is 6.92 Å². The fourth-order valence-corrected chi connectivity index (χ4v) is 2.29. The Bertz CT molecular complexity index is 337. The molecule has 0 aromatic heterocycles. The fourth-order valence-electron chi connectivity index (χ4n) is 2.29. The van der Waals surface area contributed by atoms with E-state index in [0.717, 1.165) is 25.9 Å². The topological polar surface area (TPSA) is 32.3 Å². The van der Waals surface area contributed by atoms with Gasteiger partial charge in [-0.25, -0.2) is 0 Å². The molecule has 0 saturated heterocycles. The van der Waals surface area contributed by atoms with Crippen LogP contribution in [0.4, 0.5) is 0 Å². The second-order valence-corrected chi connectivity index (χ2v) is 4.65. The predicted octanol–water partition coefficient (Wildman–Crippen LogP) is 2.08. The number of nitrogens with one attached hydrogen (secondary N) is 1. The molecule has 2 heteroatoms. The average molecular weight is 219 g/mol. The summed E-state index contributed by atoms with van der Waals surface area (Å²) in [6.45, 7) is 3.99. The number of hydrogen-bond donors (Lipinski definition) is 2. The van der Waals surface area contributed by atoms with Crippen molar-refractivity contribution in [2.75, 3.05) is 13.1 Å². The number of aliphatic hydroxyl groups excluding tert-OH is 1. The maximum atomic E-state index is 9.41. The summed E-state index contributed by atoms with van der Waals surface area (Å²) in [5, 5.41) is 12.8. The van der Waals surface area contributed by atoms with Gasteiger partial charge in [-0.05, 0) is 36.9 Å². The first-order valence-corrected chi connectivity index (χ1v) is 6.27. The van der Waals surface area contributed by atoms with E-state index in [-0.39, 0.29) is 6.10 Å². The summed E-state index contributed by atoms with van der Waals surface area (Å²) in [7, 11) is 0. The van der Waals surface area contributed by atoms with Crippen LogP contribution in [0, 0.1) is 0 Å². The zero-order valence-electron chi connectivity index (χ0n) is 9.95. The monoisotopic (exact) mass is 219 g/mol. The average Bonchev–Trinajstić information content (AvgIpc) is 2.29. The Hall–Kier alpha value is -0.860. The molecule has 0 heterocycles. The van der Waals surface area contributed by atoms with Crippen LogP contribution in [-0.2, 0) is 6.42 Å². The predicted molar refractivity (Wildman–Crippen MR) is 66.7 cm³/mol. The van der Waals surface area contributed by atoms with E-state index in [9.17, 15) is 5.11 Å². The van der Waals surface area contributed by atoms with Gasteiger partial charge in [-0.3, -0.25) is 0 Å². The first kappa shape index (κ1) is 11.6. The molecule has 0 amide bonds. The molecule has 16 heavy (non-hydrogen) atoms. The highest BCUT2D eigenvalue weighted by Crippen LogP contribution is 2.33. The van der Waals surface area contributed by atoms with Gasteiger partial charge in [0.25, 0.3) is 0 Å². The summed E-state index contributed by atoms with van der Waals surface area (Å²) in [4.78, 5) is 0. The Balaban J connectivity index is 1.66. The van der Waals surface area contributed by atoms with E-state index in [2.05, 4.69) is 29.6 Å². The summed E-state index contributed by atoms with van der Waals surface area (Å²) in [5.41, 5.74) is 3.01. The van der Waals surface area contributed by atoms with Crippen molar-refractivity contribution in [3.05, 3.63) is 35.4 Å². The normalized spacial score (nSPS) is 20.0. The molecule has 2 rings (SSSR count). The summed E-state index contributed by atoms with van der Waals surface area (Å²) < 4.78 is 0. The second kappa shape index (κ2) is 5.46. The maximum absolute atomic E-state index is 9.41. The van der Waals surface area contributed by atoms with Crippen LogP contribution in [0.5, 0.6) is 0 Å². The van der Waals surface area contributed by atoms with E-state index >= 15 is 0 Å². The molecule has 2 N–H and O–H groups in total. The molecule has 0 saturated carbocycles. The third-order valence-electron chi connectivity index (χ3n) is 3.48. The number of hydrogen-bond acceptors (Lipinski definition) is 2. The Kier molecular flexibility index (Phi) is 3.97. The summed E-state index contributed by atoms with van der Waals surface area (Å²) in [6, 6.07) is 8.67. The lowest BCUT2D eigenvalue weighted by atomic mass is 9.77. The van der Waals surface area contributed by atoms with Gasteiger partial charge in [-0.2, -0.15) is 0 Å². The van der Waals surface area contributed by atoms with Crippen LogP contribution in [0.15, 0.2) is 24.3 Å². The fraction of sp³-hybridized carbons (Fsp3) is 0.571. The van der Waals surface area contributed by atoms with Crippen molar-refractivity contribution in [3.63, 3.8) is 0 Å². The maximum Gasteiger partial charge on any atom is 0.0549 e. The molecule has 1 aromatic carbocycles. The Morgan fingerprint density at radius 3 is 3.00 bits per heavy atom. The van der Waals surface area contributed by atoms with E-state index in [1.54, 1.807) is 0 Å². The minimum absolute atomic E-state index is 0.138. The number of aliphatic hydroxyl groups is 1. The minimum Gasteiger partial charge on any atom is -0.393 e. The molecule has 1 aliphatic carbocycles. The van der Waals surface area contributed by atoms with Crippen LogP contribution in [-0.4, -0.2) is 24.3 Å². The Labute approximate surface area is 97.7 Å². The van der Waals surface area contributed by atoms with Crippen LogP contribution in [0.2, 0.25) is 0 Å². The van der Waals surface area contributed by atoms with Crippen LogP contribution < -0.4 is 5.32 Å². The first-order chi connectivity index (χ1) is 7.81. The van der Waals surface area contributed by atoms with Gasteiger partial charge < -0.3 is 10.4 Å². The second-order valence-electron chi connectivity index (χ2n) is 4.65. The first-order valence-electron chi connectivity index (χ1n) is 6.27. The third-order valence-corrected chi connectivity index (χ3v) is 3.48. The molecular formula is C14H21NO. The lowest BCUT2D eigenvalue weighted by Crippen LogP contribution is -2.30. The van der Waals surface area contributed by atoms with Gasteiger partial charge in [0.2, 0.25) is 0 Å². The van der Waals surface area contributed by atoms with Crippen molar-refractivity contribution in [2.45, 2.75) is 38.2 Å². The molecule has 0 aliphatic heterocycles. The quantitative estimate of drug-likeness (QED) is 0.718. The summed E-state index contributed by atoms with van der Waals surface area (Å²) in [6.07, 6.45) is 2.79. The highest BCUT2D eigenvalue weighted by Gasteiger charge is 2.24. The Morgan fingerprint density at radius 2 is 2.25 bits per heavy atom. The van der Waals surface area contributed by atoms with E-state index in [4.69, 9.17) is 0 Å². The van der Waals surface area contributed by atoms with Crippen LogP contribution >= 0.6 is 0 Å². The number of rotatable bonds is 6. The summed E-state index contributed by atoms with van der Waals surface area (Å²) in [5.74, 6) is 0.690. The minimum atomic E-state index is -0.138. The lowest BCUT2D eigenvalue weighted by Gasteiger charge is -2.30. The van der Waals surface area contributed by atoms with Crippen molar-refractivity contribution in [3.8, 4) is 0 Å². The van der Waals surface area contributed by atoms with Crippen molar-refractivity contribution in [1.29, 1.82) is 0 Å². The molecule has 1 aliphatic rings. The molecular weight excluding hydrogens is 198 g/mol. The highest BCUT2D eigenvalue weighted by molar-refractivity contribution is 5.40. The molecule has 0 radical (unpaired) electrons. The zero-order valence-corrected chi connectivity index (χ0v) is 9.95.